The van der Waals surface area contributed by atoms with Gasteiger partial charge in [0.25, 0.3) is 0 Å². The minimum absolute atomic E-state index is 0.0262. The normalized spacial score (nSPS) is 12.8. The molecule has 3 rings (SSSR count). The first kappa shape index (κ1) is 26.1. The zero-order chi connectivity index (χ0) is 26.0. The standard InChI is InChI=1S/C21H12ClF8N3O2/c22-13-5-10(1-3-12(13)20(25,26)27)16-7-18(33-9-32-16)31-8-17(35-19(34)21(28,29)30)11-2-4-14(23)15(24)6-11/h1-7,9,17H,8H2,(H,31,32,33). The second kappa shape index (κ2) is 10.0. The van der Waals surface area contributed by atoms with Gasteiger partial charge in [-0.15, -0.1) is 0 Å². The number of carbonyl (C=O) groups excluding carboxylic acids is 1. The van der Waals surface area contributed by atoms with Gasteiger partial charge in [0.2, 0.25) is 0 Å². The monoisotopic (exact) mass is 525 g/mol. The summed E-state index contributed by atoms with van der Waals surface area (Å²) in [6.45, 7) is -0.558. The molecule has 0 saturated heterocycles. The summed E-state index contributed by atoms with van der Waals surface area (Å²) in [4.78, 5) is 19.1. The maximum absolute atomic E-state index is 13.6. The zero-order valence-corrected chi connectivity index (χ0v) is 17.8. The molecule has 5 nitrogen and oxygen atoms in total. The summed E-state index contributed by atoms with van der Waals surface area (Å²) in [5.41, 5.74) is -1.06. The first-order valence-electron chi connectivity index (χ1n) is 9.41. The number of hydrogen-bond donors (Lipinski definition) is 1. The first-order valence-corrected chi connectivity index (χ1v) is 9.79. The van der Waals surface area contributed by atoms with Gasteiger partial charge in [-0.1, -0.05) is 23.7 Å². The van der Waals surface area contributed by atoms with Crippen molar-refractivity contribution in [3.05, 3.63) is 76.6 Å². The molecule has 0 fully saturated rings. The van der Waals surface area contributed by atoms with Gasteiger partial charge in [0, 0.05) is 11.6 Å². The van der Waals surface area contributed by atoms with Gasteiger partial charge in [0.05, 0.1) is 22.8 Å². The van der Waals surface area contributed by atoms with Crippen LogP contribution in [0.5, 0.6) is 0 Å². The molecule has 2 aromatic carbocycles. The average molecular weight is 526 g/mol. The average Bonchev–Trinajstić information content (AvgIpc) is 2.77. The van der Waals surface area contributed by atoms with Gasteiger partial charge >= 0.3 is 18.3 Å². The van der Waals surface area contributed by atoms with Crippen molar-refractivity contribution in [1.82, 2.24) is 9.97 Å². The fraction of sp³-hybridized carbons (Fsp3) is 0.190. The number of hydrogen-bond acceptors (Lipinski definition) is 5. The van der Waals surface area contributed by atoms with Crippen molar-refractivity contribution in [3.63, 3.8) is 0 Å². The Hall–Kier alpha value is -3.48. The second-order valence-corrected chi connectivity index (χ2v) is 7.33. The first-order chi connectivity index (χ1) is 16.3. The van der Waals surface area contributed by atoms with Crippen molar-refractivity contribution in [1.29, 1.82) is 0 Å². The van der Waals surface area contributed by atoms with Gasteiger partial charge in [-0.2, -0.15) is 26.3 Å². The predicted octanol–water partition coefficient (Wildman–Crippen LogP) is 6.35. The molecule has 1 heterocycles. The van der Waals surface area contributed by atoms with Crippen LogP contribution in [0.15, 0.2) is 48.8 Å². The molecule has 0 spiro atoms. The summed E-state index contributed by atoms with van der Waals surface area (Å²) in [5.74, 6) is -5.23. The third-order valence-corrected chi connectivity index (χ3v) is 4.81. The topological polar surface area (TPSA) is 64.1 Å². The molecule has 0 aliphatic rings. The molecule has 0 aliphatic heterocycles. The lowest BCUT2D eigenvalue weighted by Gasteiger charge is -2.20. The van der Waals surface area contributed by atoms with Gasteiger partial charge in [-0.05, 0) is 29.8 Å². The van der Waals surface area contributed by atoms with Crippen LogP contribution in [0.25, 0.3) is 11.3 Å². The van der Waals surface area contributed by atoms with E-state index in [1.54, 1.807) is 0 Å². The molecule has 0 radical (unpaired) electrons. The number of ether oxygens (including phenoxy) is 1. The Morgan fingerprint density at radius 2 is 1.69 bits per heavy atom. The summed E-state index contributed by atoms with van der Waals surface area (Å²) in [6, 6.07) is 6.28. The highest BCUT2D eigenvalue weighted by Crippen LogP contribution is 2.36. The highest BCUT2D eigenvalue weighted by atomic mass is 35.5. The lowest BCUT2D eigenvalue weighted by Crippen LogP contribution is -2.29. The molecule has 1 atom stereocenters. The van der Waals surface area contributed by atoms with Crippen molar-refractivity contribution in [3.8, 4) is 11.3 Å². The Balaban J connectivity index is 1.84. The second-order valence-electron chi connectivity index (χ2n) is 6.93. The molecule has 35 heavy (non-hydrogen) atoms. The molecule has 14 heteroatoms. The van der Waals surface area contributed by atoms with Crippen molar-refractivity contribution in [2.24, 2.45) is 0 Å². The highest BCUT2D eigenvalue weighted by Gasteiger charge is 2.42. The van der Waals surface area contributed by atoms with Crippen molar-refractivity contribution in [2.75, 3.05) is 11.9 Å². The van der Waals surface area contributed by atoms with E-state index in [2.05, 4.69) is 20.0 Å². The van der Waals surface area contributed by atoms with Gasteiger partial charge < -0.3 is 10.1 Å². The van der Waals surface area contributed by atoms with Crippen LogP contribution in [0.2, 0.25) is 5.02 Å². The lowest BCUT2D eigenvalue weighted by molar-refractivity contribution is -0.204. The SMILES string of the molecule is O=C(OC(CNc1cc(-c2ccc(C(F)(F)F)c(Cl)c2)ncn1)c1ccc(F)c(F)c1)C(F)(F)F. The fourth-order valence-corrected chi connectivity index (χ4v) is 3.14. The number of carbonyl (C=O) groups is 1. The Morgan fingerprint density at radius 1 is 0.971 bits per heavy atom. The van der Waals surface area contributed by atoms with E-state index < -0.39 is 53.2 Å². The molecule has 1 aromatic heterocycles. The van der Waals surface area contributed by atoms with E-state index >= 15 is 0 Å². The highest BCUT2D eigenvalue weighted by molar-refractivity contribution is 6.31. The fourth-order valence-electron chi connectivity index (χ4n) is 2.85. The molecule has 3 aromatic rings. The molecule has 1 unspecified atom stereocenters. The van der Waals surface area contributed by atoms with Crippen LogP contribution in [-0.2, 0) is 15.7 Å². The van der Waals surface area contributed by atoms with E-state index in [1.165, 1.54) is 6.07 Å². The number of alkyl halides is 6. The number of anilines is 1. The van der Waals surface area contributed by atoms with E-state index in [0.29, 0.717) is 12.1 Å². The summed E-state index contributed by atoms with van der Waals surface area (Å²) in [5, 5.41) is 1.99. The molecule has 0 bridgehead atoms. The van der Waals surface area contributed by atoms with Crippen LogP contribution in [-0.4, -0.2) is 28.7 Å². The molecule has 0 amide bonds. The van der Waals surface area contributed by atoms with Crippen LogP contribution < -0.4 is 5.32 Å². The number of esters is 1. The maximum Gasteiger partial charge on any atom is 0.490 e. The van der Waals surface area contributed by atoms with Crippen LogP contribution in [0.3, 0.4) is 0 Å². The van der Waals surface area contributed by atoms with Crippen molar-refractivity contribution < 1.29 is 44.7 Å². The van der Waals surface area contributed by atoms with E-state index in [4.69, 9.17) is 11.6 Å². The molecule has 0 saturated carbocycles. The zero-order valence-electron chi connectivity index (χ0n) is 17.0. The van der Waals surface area contributed by atoms with Crippen molar-refractivity contribution >= 4 is 23.4 Å². The van der Waals surface area contributed by atoms with E-state index in [0.717, 1.165) is 30.6 Å². The third-order valence-electron chi connectivity index (χ3n) is 4.50. The Bertz CT molecular complexity index is 1230. The summed E-state index contributed by atoms with van der Waals surface area (Å²) in [6.07, 6.45) is -10.7. The number of nitrogens with zero attached hydrogens (tertiary/aromatic N) is 2. The Morgan fingerprint density at radius 3 is 2.29 bits per heavy atom. The van der Waals surface area contributed by atoms with E-state index in [-0.39, 0.29) is 22.6 Å². The van der Waals surface area contributed by atoms with Crippen LogP contribution in [0.1, 0.15) is 17.2 Å². The Kier molecular flexibility index (Phi) is 7.48. The third kappa shape index (κ3) is 6.56. The number of halogens is 9. The summed E-state index contributed by atoms with van der Waals surface area (Å²) < 4.78 is 108. The molecular formula is C21H12ClF8N3O2. The predicted molar refractivity (Wildman–Crippen MR) is 107 cm³/mol. The maximum atomic E-state index is 13.6. The number of aromatic nitrogens is 2. The van der Waals surface area contributed by atoms with Crippen LogP contribution in [0, 0.1) is 11.6 Å². The number of rotatable bonds is 6. The van der Waals surface area contributed by atoms with Gasteiger partial charge in [0.1, 0.15) is 18.2 Å². The van der Waals surface area contributed by atoms with E-state index in [1.807, 2.05) is 0 Å². The minimum atomic E-state index is -5.35. The van der Waals surface area contributed by atoms with Gasteiger partial charge in [-0.3, -0.25) is 0 Å². The van der Waals surface area contributed by atoms with Gasteiger partial charge in [0.15, 0.2) is 11.6 Å². The smallest absolute Gasteiger partial charge is 0.449 e. The number of nitrogens with one attached hydrogen (secondary N) is 1. The Labute approximate surface area is 196 Å². The quantitative estimate of drug-likeness (QED) is 0.300. The van der Waals surface area contributed by atoms with Gasteiger partial charge in [-0.25, -0.2) is 23.5 Å². The van der Waals surface area contributed by atoms with Crippen LogP contribution in [0.4, 0.5) is 40.9 Å². The minimum Gasteiger partial charge on any atom is -0.449 e. The molecule has 1 N–H and O–H groups in total. The summed E-state index contributed by atoms with van der Waals surface area (Å²) >= 11 is 5.71. The molecule has 0 aliphatic carbocycles. The molecule has 186 valence electrons. The van der Waals surface area contributed by atoms with E-state index in [9.17, 15) is 39.9 Å². The lowest BCUT2D eigenvalue weighted by atomic mass is 10.1. The molecular weight excluding hydrogens is 514 g/mol. The largest absolute Gasteiger partial charge is 0.490 e. The van der Waals surface area contributed by atoms with Crippen LogP contribution >= 0.6 is 11.6 Å². The summed E-state index contributed by atoms with van der Waals surface area (Å²) in [7, 11) is 0. The number of benzene rings is 2. The van der Waals surface area contributed by atoms with Crippen molar-refractivity contribution in [2.45, 2.75) is 18.5 Å².